The number of rotatable bonds is 5. The third-order valence-corrected chi connectivity index (χ3v) is 3.91. The standard InChI is InChI=1S/C22H22N4/c1-16(24-18(3)19-10-6-4-7-11-19)14-21(23)22-15-17(2)25-26(22)20-12-8-5-9-13-20/h4-15H,3,23H2,1-2H3/b21-14-,24-16?. The van der Waals surface area contributed by atoms with Crippen molar-refractivity contribution in [3.63, 3.8) is 0 Å². The van der Waals surface area contributed by atoms with Crippen LogP contribution >= 0.6 is 0 Å². The number of nitrogens with two attached hydrogens (primary N) is 1. The molecule has 3 rings (SSSR count). The highest BCUT2D eigenvalue weighted by molar-refractivity contribution is 6.01. The molecule has 3 aromatic rings. The number of nitrogens with zero attached hydrogens (tertiary/aromatic N) is 3. The van der Waals surface area contributed by atoms with Gasteiger partial charge in [-0.05, 0) is 43.7 Å². The molecule has 0 amide bonds. The van der Waals surface area contributed by atoms with E-state index in [0.717, 1.165) is 28.4 Å². The van der Waals surface area contributed by atoms with E-state index in [1.54, 1.807) is 0 Å². The molecule has 0 aliphatic heterocycles. The normalized spacial score (nSPS) is 12.2. The van der Waals surface area contributed by atoms with Gasteiger partial charge in [0.15, 0.2) is 0 Å². The quantitative estimate of drug-likeness (QED) is 0.688. The zero-order valence-electron chi connectivity index (χ0n) is 15.1. The minimum Gasteiger partial charge on any atom is -0.397 e. The predicted octanol–water partition coefficient (Wildman–Crippen LogP) is 4.61. The number of aryl methyl sites for hydroxylation is 1. The van der Waals surface area contributed by atoms with Gasteiger partial charge in [0.1, 0.15) is 0 Å². The number of hydrogen-bond donors (Lipinski definition) is 1. The van der Waals surface area contributed by atoms with Gasteiger partial charge in [0, 0.05) is 5.71 Å². The van der Waals surface area contributed by atoms with Crippen molar-refractivity contribution in [2.45, 2.75) is 13.8 Å². The number of allylic oxidation sites excluding steroid dienone is 1. The molecular weight excluding hydrogens is 320 g/mol. The fourth-order valence-corrected chi connectivity index (χ4v) is 2.71. The van der Waals surface area contributed by atoms with Crippen molar-refractivity contribution in [1.82, 2.24) is 9.78 Å². The van der Waals surface area contributed by atoms with Crippen LogP contribution in [0.2, 0.25) is 0 Å². The third-order valence-electron chi connectivity index (χ3n) is 3.91. The van der Waals surface area contributed by atoms with Crippen LogP contribution < -0.4 is 5.73 Å². The second-order valence-electron chi connectivity index (χ2n) is 6.08. The lowest BCUT2D eigenvalue weighted by atomic mass is 10.2. The molecule has 130 valence electrons. The van der Waals surface area contributed by atoms with Crippen LogP contribution in [0, 0.1) is 6.92 Å². The molecule has 2 N–H and O–H groups in total. The number of para-hydroxylation sites is 1. The van der Waals surface area contributed by atoms with Crippen molar-refractivity contribution in [1.29, 1.82) is 0 Å². The molecule has 26 heavy (non-hydrogen) atoms. The second-order valence-corrected chi connectivity index (χ2v) is 6.08. The number of aromatic nitrogens is 2. The zero-order chi connectivity index (χ0) is 18.5. The van der Waals surface area contributed by atoms with Gasteiger partial charge in [-0.1, -0.05) is 55.1 Å². The summed E-state index contributed by atoms with van der Waals surface area (Å²) < 4.78 is 1.85. The lowest BCUT2D eigenvalue weighted by molar-refractivity contribution is 0.849. The summed E-state index contributed by atoms with van der Waals surface area (Å²) in [5.41, 5.74) is 12.2. The van der Waals surface area contributed by atoms with E-state index in [0.29, 0.717) is 11.4 Å². The van der Waals surface area contributed by atoms with Gasteiger partial charge in [-0.2, -0.15) is 5.10 Å². The molecule has 0 atom stereocenters. The average molecular weight is 342 g/mol. The molecule has 2 aromatic carbocycles. The summed E-state index contributed by atoms with van der Waals surface area (Å²) in [5, 5.41) is 4.56. The highest BCUT2D eigenvalue weighted by Crippen LogP contribution is 2.18. The van der Waals surface area contributed by atoms with Crippen molar-refractivity contribution in [2.24, 2.45) is 10.7 Å². The van der Waals surface area contributed by atoms with E-state index in [9.17, 15) is 0 Å². The number of hydrogen-bond acceptors (Lipinski definition) is 3. The Bertz CT molecular complexity index is 964. The van der Waals surface area contributed by atoms with E-state index in [-0.39, 0.29) is 0 Å². The second kappa shape index (κ2) is 7.66. The van der Waals surface area contributed by atoms with Crippen LogP contribution in [0.1, 0.15) is 23.9 Å². The first-order valence-corrected chi connectivity index (χ1v) is 8.44. The third kappa shape index (κ3) is 3.98. The van der Waals surface area contributed by atoms with Gasteiger partial charge < -0.3 is 5.73 Å². The van der Waals surface area contributed by atoms with E-state index in [1.807, 2.05) is 91.3 Å². The molecule has 0 saturated heterocycles. The van der Waals surface area contributed by atoms with E-state index in [4.69, 9.17) is 5.73 Å². The average Bonchev–Trinajstić information content (AvgIpc) is 3.05. The largest absolute Gasteiger partial charge is 0.397 e. The summed E-state index contributed by atoms with van der Waals surface area (Å²) in [7, 11) is 0. The molecule has 1 aromatic heterocycles. The first kappa shape index (κ1) is 17.4. The van der Waals surface area contributed by atoms with Gasteiger partial charge in [0.2, 0.25) is 0 Å². The molecule has 0 aliphatic carbocycles. The van der Waals surface area contributed by atoms with Crippen molar-refractivity contribution in [3.8, 4) is 5.69 Å². The Labute approximate surface area is 154 Å². The summed E-state index contributed by atoms with van der Waals surface area (Å²) in [6.45, 7) is 7.91. The molecule has 0 radical (unpaired) electrons. The molecule has 0 unspecified atom stereocenters. The Morgan fingerprint density at radius 2 is 1.69 bits per heavy atom. The van der Waals surface area contributed by atoms with Gasteiger partial charge >= 0.3 is 0 Å². The van der Waals surface area contributed by atoms with Crippen LogP contribution in [0.4, 0.5) is 0 Å². The van der Waals surface area contributed by atoms with Crippen molar-refractivity contribution < 1.29 is 0 Å². The molecule has 4 nitrogen and oxygen atoms in total. The van der Waals surface area contributed by atoms with Crippen molar-refractivity contribution in [3.05, 3.63) is 96.3 Å². The molecular formula is C22H22N4. The maximum absolute atomic E-state index is 6.35. The van der Waals surface area contributed by atoms with E-state index in [1.165, 1.54) is 0 Å². The molecule has 0 fully saturated rings. The Kier molecular flexibility index (Phi) is 5.13. The van der Waals surface area contributed by atoms with Crippen LogP contribution in [-0.2, 0) is 0 Å². The van der Waals surface area contributed by atoms with Crippen LogP contribution in [-0.4, -0.2) is 15.5 Å². The van der Waals surface area contributed by atoms with Gasteiger partial charge in [0.05, 0.1) is 28.5 Å². The fraction of sp³-hybridized carbons (Fsp3) is 0.0909. The SMILES string of the molecule is C=C(N=C(C)/C=C(\N)c1cc(C)nn1-c1ccccc1)c1ccccc1. The summed E-state index contributed by atoms with van der Waals surface area (Å²) in [4.78, 5) is 4.56. The van der Waals surface area contributed by atoms with E-state index in [2.05, 4.69) is 16.7 Å². The van der Waals surface area contributed by atoms with E-state index < -0.39 is 0 Å². The highest BCUT2D eigenvalue weighted by atomic mass is 15.3. The first-order valence-electron chi connectivity index (χ1n) is 8.44. The predicted molar refractivity (Wildman–Crippen MR) is 109 cm³/mol. The zero-order valence-corrected chi connectivity index (χ0v) is 15.1. The van der Waals surface area contributed by atoms with Crippen LogP contribution in [0.5, 0.6) is 0 Å². The highest BCUT2D eigenvalue weighted by Gasteiger charge is 2.10. The maximum atomic E-state index is 6.35. The molecule has 1 heterocycles. The van der Waals surface area contributed by atoms with Gasteiger partial charge in [-0.25, -0.2) is 4.68 Å². The summed E-state index contributed by atoms with van der Waals surface area (Å²) in [6, 6.07) is 21.8. The Hall–Kier alpha value is -3.40. The Morgan fingerprint density at radius 3 is 2.35 bits per heavy atom. The molecule has 0 spiro atoms. The van der Waals surface area contributed by atoms with Crippen LogP contribution in [0.3, 0.4) is 0 Å². The monoisotopic (exact) mass is 342 g/mol. The number of aliphatic imine (C=N–C) groups is 1. The topological polar surface area (TPSA) is 56.2 Å². The molecule has 0 bridgehead atoms. The van der Waals surface area contributed by atoms with Crippen molar-refractivity contribution >= 4 is 17.1 Å². The lowest BCUT2D eigenvalue weighted by Gasteiger charge is -2.08. The van der Waals surface area contributed by atoms with Gasteiger partial charge in [-0.15, -0.1) is 0 Å². The summed E-state index contributed by atoms with van der Waals surface area (Å²) in [6.07, 6.45) is 1.85. The van der Waals surface area contributed by atoms with E-state index >= 15 is 0 Å². The summed E-state index contributed by atoms with van der Waals surface area (Å²) in [5.74, 6) is 0. The van der Waals surface area contributed by atoms with Gasteiger partial charge in [-0.3, -0.25) is 4.99 Å². The van der Waals surface area contributed by atoms with Gasteiger partial charge in [0.25, 0.3) is 0 Å². The number of benzene rings is 2. The summed E-state index contributed by atoms with van der Waals surface area (Å²) >= 11 is 0. The van der Waals surface area contributed by atoms with Crippen LogP contribution in [0.15, 0.2) is 84.4 Å². The molecule has 0 aliphatic rings. The Balaban J connectivity index is 1.91. The smallest absolute Gasteiger partial charge is 0.0901 e. The van der Waals surface area contributed by atoms with Crippen LogP contribution in [0.25, 0.3) is 17.1 Å². The minimum absolute atomic E-state index is 0.608. The fourth-order valence-electron chi connectivity index (χ4n) is 2.71. The molecule has 4 heteroatoms. The Morgan fingerprint density at radius 1 is 1.08 bits per heavy atom. The first-order chi connectivity index (χ1) is 12.5. The molecule has 0 saturated carbocycles. The van der Waals surface area contributed by atoms with Crippen molar-refractivity contribution in [2.75, 3.05) is 0 Å². The maximum Gasteiger partial charge on any atom is 0.0901 e. The minimum atomic E-state index is 0.608. The lowest BCUT2D eigenvalue weighted by Crippen LogP contribution is -2.07.